The Morgan fingerprint density at radius 3 is 2.33 bits per heavy atom. The first kappa shape index (κ1) is 28.0. The number of benzene rings is 3. The number of carbonyl (C=O) groups is 2. The largest absolute Gasteiger partial charge is 0.483 e. The first-order chi connectivity index (χ1) is 17.3. The summed E-state index contributed by atoms with van der Waals surface area (Å²) in [5.74, 6) is -0.0487. The number of ether oxygens (including phenoxy) is 1. The van der Waals surface area contributed by atoms with Gasteiger partial charge in [0.1, 0.15) is 11.8 Å². The average molecular weight is 592 g/mol. The Morgan fingerprint density at radius 1 is 0.972 bits per heavy atom. The highest BCUT2D eigenvalue weighted by molar-refractivity contribution is 9.10. The van der Waals surface area contributed by atoms with E-state index in [0.717, 1.165) is 17.5 Å². The molecule has 3 aromatic rings. The van der Waals surface area contributed by atoms with Crippen molar-refractivity contribution in [3.05, 3.63) is 98.4 Å². The van der Waals surface area contributed by atoms with Crippen LogP contribution in [0, 0.1) is 0 Å². The Kier molecular flexibility index (Phi) is 10.7. The molecule has 0 heterocycles. The van der Waals surface area contributed by atoms with Crippen molar-refractivity contribution in [2.75, 3.05) is 6.61 Å². The number of carbonyl (C=O) groups excluding carboxylic acids is 2. The molecular formula is C28H29BrCl2N2O3. The molecule has 0 spiro atoms. The number of hydrogen-bond donors (Lipinski definition) is 1. The monoisotopic (exact) mass is 590 g/mol. The fourth-order valence-corrected chi connectivity index (χ4v) is 4.65. The number of amides is 2. The Hall–Kier alpha value is -2.54. The molecule has 190 valence electrons. The number of nitrogens with zero attached hydrogens (tertiary/aromatic N) is 1. The van der Waals surface area contributed by atoms with Crippen LogP contribution >= 0.6 is 39.1 Å². The second-order valence-electron chi connectivity index (χ2n) is 8.54. The van der Waals surface area contributed by atoms with Gasteiger partial charge in [-0.2, -0.15) is 0 Å². The second kappa shape index (κ2) is 13.7. The van der Waals surface area contributed by atoms with E-state index >= 15 is 0 Å². The van der Waals surface area contributed by atoms with Gasteiger partial charge in [-0.1, -0.05) is 72.6 Å². The Bertz CT molecular complexity index is 1180. The summed E-state index contributed by atoms with van der Waals surface area (Å²) >= 11 is 15.7. The zero-order valence-electron chi connectivity index (χ0n) is 20.2. The van der Waals surface area contributed by atoms with E-state index in [4.69, 9.17) is 27.9 Å². The minimum atomic E-state index is -0.745. The smallest absolute Gasteiger partial charge is 0.261 e. The van der Waals surface area contributed by atoms with Crippen molar-refractivity contribution < 1.29 is 14.3 Å². The summed E-state index contributed by atoms with van der Waals surface area (Å²) in [5, 5.41) is 4.16. The lowest BCUT2D eigenvalue weighted by atomic mass is 10.0. The van der Waals surface area contributed by atoms with Crippen molar-refractivity contribution in [3.63, 3.8) is 0 Å². The molecule has 3 aromatic carbocycles. The molecule has 0 aliphatic rings. The van der Waals surface area contributed by atoms with Gasteiger partial charge in [0.05, 0.1) is 4.47 Å². The average Bonchev–Trinajstić information content (AvgIpc) is 2.86. The van der Waals surface area contributed by atoms with Gasteiger partial charge in [0, 0.05) is 29.1 Å². The van der Waals surface area contributed by atoms with E-state index in [9.17, 15) is 9.59 Å². The van der Waals surface area contributed by atoms with E-state index in [-0.39, 0.29) is 31.0 Å². The molecule has 36 heavy (non-hydrogen) atoms. The number of halogens is 3. The normalized spacial score (nSPS) is 12.5. The number of hydrogen-bond acceptors (Lipinski definition) is 3. The van der Waals surface area contributed by atoms with Crippen molar-refractivity contribution in [3.8, 4) is 5.75 Å². The third kappa shape index (κ3) is 8.26. The van der Waals surface area contributed by atoms with E-state index in [1.807, 2.05) is 56.3 Å². The first-order valence-corrected chi connectivity index (χ1v) is 13.3. The molecule has 3 rings (SSSR count). The minimum Gasteiger partial charge on any atom is -0.483 e. The van der Waals surface area contributed by atoms with Crippen LogP contribution < -0.4 is 10.1 Å². The van der Waals surface area contributed by atoms with Crippen LogP contribution in [0.5, 0.6) is 5.75 Å². The van der Waals surface area contributed by atoms with Crippen LogP contribution in [0.4, 0.5) is 0 Å². The van der Waals surface area contributed by atoms with Crippen molar-refractivity contribution in [1.82, 2.24) is 10.2 Å². The van der Waals surface area contributed by atoms with Crippen molar-refractivity contribution in [2.45, 2.75) is 45.3 Å². The summed E-state index contributed by atoms with van der Waals surface area (Å²) in [6, 6.07) is 21.2. The highest BCUT2D eigenvalue weighted by atomic mass is 79.9. The maximum atomic E-state index is 13.6. The standard InChI is InChI=1S/C28H29BrCl2N2O3/c1-3-19(2)32-28(35)25(15-20-8-5-4-6-9-20)33(17-21-10-7-11-22(30)14-21)27(34)18-36-26-13-12-23(31)16-24(26)29/h4-14,16,19,25H,3,15,17-18H2,1-2H3,(H,32,35)/t19-,25+/m1/s1. The number of rotatable bonds is 11. The lowest BCUT2D eigenvalue weighted by molar-refractivity contribution is -0.143. The topological polar surface area (TPSA) is 58.6 Å². The van der Waals surface area contributed by atoms with Crippen LogP contribution in [-0.4, -0.2) is 35.4 Å². The van der Waals surface area contributed by atoms with Gasteiger partial charge in [0.15, 0.2) is 6.61 Å². The molecule has 0 fully saturated rings. The molecule has 5 nitrogen and oxygen atoms in total. The Balaban J connectivity index is 1.92. The minimum absolute atomic E-state index is 0.0276. The molecule has 0 aromatic heterocycles. The van der Waals surface area contributed by atoms with Crippen LogP contribution in [0.15, 0.2) is 77.3 Å². The molecule has 0 saturated carbocycles. The van der Waals surface area contributed by atoms with Gasteiger partial charge in [-0.05, 0) is 70.7 Å². The summed E-state index contributed by atoms with van der Waals surface area (Å²) < 4.78 is 6.46. The summed E-state index contributed by atoms with van der Waals surface area (Å²) in [4.78, 5) is 28.7. The number of nitrogens with one attached hydrogen (secondary N) is 1. The summed E-state index contributed by atoms with van der Waals surface area (Å²) in [6.07, 6.45) is 1.14. The van der Waals surface area contributed by atoms with E-state index in [1.54, 1.807) is 35.2 Å². The molecule has 0 aliphatic carbocycles. The first-order valence-electron chi connectivity index (χ1n) is 11.7. The summed E-state index contributed by atoms with van der Waals surface area (Å²) in [5.41, 5.74) is 1.77. The molecule has 0 unspecified atom stereocenters. The van der Waals surface area contributed by atoms with Crippen LogP contribution in [0.2, 0.25) is 10.0 Å². The van der Waals surface area contributed by atoms with Crippen LogP contribution in [0.25, 0.3) is 0 Å². The molecule has 0 aliphatic heterocycles. The maximum Gasteiger partial charge on any atom is 0.261 e. The SMILES string of the molecule is CC[C@@H](C)NC(=O)[C@H](Cc1ccccc1)N(Cc1cccc(Cl)c1)C(=O)COc1ccc(Cl)cc1Br. The van der Waals surface area contributed by atoms with E-state index in [1.165, 1.54) is 0 Å². The van der Waals surface area contributed by atoms with Crippen molar-refractivity contribution in [1.29, 1.82) is 0 Å². The lowest BCUT2D eigenvalue weighted by Crippen LogP contribution is -2.53. The van der Waals surface area contributed by atoms with Gasteiger partial charge in [0.25, 0.3) is 5.91 Å². The highest BCUT2D eigenvalue weighted by Crippen LogP contribution is 2.28. The van der Waals surface area contributed by atoms with Gasteiger partial charge >= 0.3 is 0 Å². The zero-order chi connectivity index (χ0) is 26.1. The van der Waals surface area contributed by atoms with Gasteiger partial charge in [-0.3, -0.25) is 9.59 Å². The molecular weight excluding hydrogens is 563 g/mol. The van der Waals surface area contributed by atoms with Crippen LogP contribution in [0.1, 0.15) is 31.4 Å². The van der Waals surface area contributed by atoms with E-state index in [2.05, 4.69) is 21.2 Å². The maximum absolute atomic E-state index is 13.6. The summed E-state index contributed by atoms with van der Waals surface area (Å²) in [6.45, 7) is 3.91. The van der Waals surface area contributed by atoms with Gasteiger partial charge in [-0.25, -0.2) is 0 Å². The van der Waals surface area contributed by atoms with Crippen LogP contribution in [-0.2, 0) is 22.6 Å². The molecule has 0 saturated heterocycles. The van der Waals surface area contributed by atoms with Crippen molar-refractivity contribution >= 4 is 50.9 Å². The third-order valence-corrected chi connectivity index (χ3v) is 6.85. The molecule has 0 bridgehead atoms. The Labute approximate surface area is 230 Å². The molecule has 2 amide bonds. The predicted octanol–water partition coefficient (Wildman–Crippen LogP) is 6.69. The second-order valence-corrected chi connectivity index (χ2v) is 10.3. The van der Waals surface area contributed by atoms with Gasteiger partial charge in [0.2, 0.25) is 5.91 Å². The third-order valence-electron chi connectivity index (χ3n) is 5.76. The van der Waals surface area contributed by atoms with Crippen LogP contribution in [0.3, 0.4) is 0 Å². The Morgan fingerprint density at radius 2 is 1.67 bits per heavy atom. The van der Waals surface area contributed by atoms with E-state index < -0.39 is 6.04 Å². The fourth-order valence-electron chi connectivity index (χ4n) is 3.64. The van der Waals surface area contributed by atoms with E-state index in [0.29, 0.717) is 26.7 Å². The highest BCUT2D eigenvalue weighted by Gasteiger charge is 2.31. The molecule has 1 N–H and O–H groups in total. The molecule has 2 atom stereocenters. The predicted molar refractivity (Wildman–Crippen MR) is 148 cm³/mol. The molecule has 0 radical (unpaired) electrons. The fraction of sp³-hybridized carbons (Fsp3) is 0.286. The molecule has 8 heteroatoms. The quantitative estimate of drug-likeness (QED) is 0.270. The summed E-state index contributed by atoms with van der Waals surface area (Å²) in [7, 11) is 0. The zero-order valence-corrected chi connectivity index (χ0v) is 23.3. The van der Waals surface area contributed by atoms with Gasteiger partial charge < -0.3 is 15.0 Å². The van der Waals surface area contributed by atoms with Gasteiger partial charge in [-0.15, -0.1) is 0 Å². The lowest BCUT2D eigenvalue weighted by Gasteiger charge is -2.32. The van der Waals surface area contributed by atoms with Crippen molar-refractivity contribution in [2.24, 2.45) is 0 Å².